The van der Waals surface area contributed by atoms with Gasteiger partial charge < -0.3 is 14.4 Å². The highest BCUT2D eigenvalue weighted by Crippen LogP contribution is 2.39. The number of carbonyl (C=O) groups is 3. The highest BCUT2D eigenvalue weighted by atomic mass is 16.5. The number of hydrogen-bond donors (Lipinski definition) is 0. The third-order valence-corrected chi connectivity index (χ3v) is 5.85. The van der Waals surface area contributed by atoms with Crippen LogP contribution in [0.4, 0.5) is 0 Å². The number of imide groups is 1. The third kappa shape index (κ3) is 3.38. The minimum absolute atomic E-state index is 0.0214. The van der Waals surface area contributed by atoms with Gasteiger partial charge in [0.15, 0.2) is 6.61 Å². The fraction of sp³-hybridized carbons (Fsp3) is 0.550. The number of amides is 3. The van der Waals surface area contributed by atoms with Crippen molar-refractivity contribution in [3.63, 3.8) is 0 Å². The van der Waals surface area contributed by atoms with Crippen molar-refractivity contribution in [2.24, 2.45) is 0 Å². The lowest BCUT2D eigenvalue weighted by molar-refractivity contribution is -0.145. The lowest BCUT2D eigenvalue weighted by Crippen LogP contribution is -2.54. The number of nitrogens with zero attached hydrogens (tertiary/aromatic N) is 2. The number of carbonyl (C=O) groups excluding carboxylic acids is 3. The van der Waals surface area contributed by atoms with E-state index in [0.717, 1.165) is 12.8 Å². The van der Waals surface area contributed by atoms with Gasteiger partial charge in [0.25, 0.3) is 5.91 Å². The van der Waals surface area contributed by atoms with Gasteiger partial charge in [0.05, 0.1) is 7.11 Å². The molecule has 2 bridgehead atoms. The molecule has 144 valence electrons. The van der Waals surface area contributed by atoms with Crippen molar-refractivity contribution in [3.8, 4) is 11.5 Å². The Balaban J connectivity index is 1.38. The summed E-state index contributed by atoms with van der Waals surface area (Å²) in [5.74, 6) is 1.11. The van der Waals surface area contributed by atoms with Gasteiger partial charge in [-0.3, -0.25) is 19.3 Å². The molecular formula is C20H24N2O5. The second kappa shape index (κ2) is 7.21. The molecule has 2 atom stereocenters. The number of hydrogen-bond acceptors (Lipinski definition) is 5. The molecule has 3 amide bonds. The first-order valence-corrected chi connectivity index (χ1v) is 9.49. The van der Waals surface area contributed by atoms with E-state index in [2.05, 4.69) is 0 Å². The summed E-state index contributed by atoms with van der Waals surface area (Å²) in [6, 6.07) is 7.28. The van der Waals surface area contributed by atoms with Crippen LogP contribution in [0.5, 0.6) is 11.5 Å². The molecule has 4 rings (SSSR count). The van der Waals surface area contributed by atoms with Crippen molar-refractivity contribution in [3.05, 3.63) is 24.3 Å². The highest BCUT2D eigenvalue weighted by Gasteiger charge is 2.47. The molecule has 3 heterocycles. The van der Waals surface area contributed by atoms with E-state index in [1.807, 2.05) is 17.0 Å². The molecule has 1 aromatic carbocycles. The second-order valence-corrected chi connectivity index (χ2v) is 7.44. The number of rotatable bonds is 5. The average Bonchev–Trinajstić information content (AvgIpc) is 3.15. The van der Waals surface area contributed by atoms with Gasteiger partial charge >= 0.3 is 0 Å². The van der Waals surface area contributed by atoms with Crippen molar-refractivity contribution >= 4 is 17.7 Å². The Labute approximate surface area is 158 Å². The molecule has 0 N–H and O–H groups in total. The third-order valence-electron chi connectivity index (χ3n) is 5.85. The van der Waals surface area contributed by atoms with E-state index in [-0.39, 0.29) is 42.5 Å². The van der Waals surface area contributed by atoms with Gasteiger partial charge in [-0.25, -0.2) is 0 Å². The fourth-order valence-corrected chi connectivity index (χ4v) is 4.68. The first-order chi connectivity index (χ1) is 13.1. The van der Waals surface area contributed by atoms with E-state index >= 15 is 0 Å². The first kappa shape index (κ1) is 17.8. The molecular weight excluding hydrogens is 348 g/mol. The molecule has 3 saturated heterocycles. The molecule has 0 spiro atoms. The van der Waals surface area contributed by atoms with Crippen LogP contribution in [0.25, 0.3) is 0 Å². The molecule has 7 nitrogen and oxygen atoms in total. The lowest BCUT2D eigenvalue weighted by atomic mass is 9.96. The van der Waals surface area contributed by atoms with Crippen molar-refractivity contribution in [2.75, 3.05) is 13.7 Å². The highest BCUT2D eigenvalue weighted by molar-refractivity contribution is 6.02. The van der Waals surface area contributed by atoms with Crippen molar-refractivity contribution in [1.82, 2.24) is 9.80 Å². The molecule has 7 heteroatoms. The average molecular weight is 372 g/mol. The summed E-state index contributed by atoms with van der Waals surface area (Å²) in [6.45, 7) is -0.0214. The van der Waals surface area contributed by atoms with E-state index < -0.39 is 0 Å². The zero-order chi connectivity index (χ0) is 19.0. The topological polar surface area (TPSA) is 76.2 Å². The number of likely N-dealkylation sites (tertiary alicyclic amines) is 1. The fourth-order valence-electron chi connectivity index (χ4n) is 4.68. The normalized spacial score (nSPS) is 27.2. The second-order valence-electron chi connectivity index (χ2n) is 7.44. The van der Waals surface area contributed by atoms with Crippen LogP contribution in [-0.4, -0.2) is 59.4 Å². The summed E-state index contributed by atoms with van der Waals surface area (Å²) < 4.78 is 10.8. The summed E-state index contributed by atoms with van der Waals surface area (Å²) in [5.41, 5.74) is 0. The standard InChI is InChI=1S/C20H24N2O5/c1-26-16-3-2-4-17(11-16)27-12-20(25)21-13-5-6-14(21)10-15(9-13)22-18(23)7-8-19(22)24/h2-4,11,13-15H,5-10,12H2,1H3. The molecule has 0 radical (unpaired) electrons. The molecule has 3 aliphatic heterocycles. The number of piperidine rings is 1. The van der Waals surface area contributed by atoms with Crippen LogP contribution in [-0.2, 0) is 14.4 Å². The molecule has 27 heavy (non-hydrogen) atoms. The van der Waals surface area contributed by atoms with Crippen molar-refractivity contribution in [2.45, 2.75) is 56.7 Å². The summed E-state index contributed by atoms with van der Waals surface area (Å²) >= 11 is 0. The Kier molecular flexibility index (Phi) is 4.76. The molecule has 0 aromatic heterocycles. The minimum Gasteiger partial charge on any atom is -0.497 e. The minimum atomic E-state index is -0.0643. The maximum absolute atomic E-state index is 12.8. The zero-order valence-corrected chi connectivity index (χ0v) is 15.4. The van der Waals surface area contributed by atoms with Gasteiger partial charge in [0.2, 0.25) is 11.8 Å². The molecule has 3 aliphatic rings. The van der Waals surface area contributed by atoms with Crippen LogP contribution in [0, 0.1) is 0 Å². The smallest absolute Gasteiger partial charge is 0.261 e. The SMILES string of the molecule is COc1cccc(OCC(=O)N2C3CCC2CC(N2C(=O)CCC2=O)C3)c1. The van der Waals surface area contributed by atoms with Gasteiger partial charge in [-0.15, -0.1) is 0 Å². The van der Waals surface area contributed by atoms with Crippen LogP contribution in [0.3, 0.4) is 0 Å². The van der Waals surface area contributed by atoms with E-state index in [0.29, 0.717) is 37.2 Å². The van der Waals surface area contributed by atoms with Gasteiger partial charge in [0, 0.05) is 37.0 Å². The summed E-state index contributed by atoms with van der Waals surface area (Å²) in [6.07, 6.45) is 3.84. The molecule has 3 fully saturated rings. The number of benzene rings is 1. The Hall–Kier alpha value is -2.57. The summed E-state index contributed by atoms with van der Waals surface area (Å²) in [4.78, 5) is 40.2. The van der Waals surface area contributed by atoms with Crippen LogP contribution >= 0.6 is 0 Å². The maximum atomic E-state index is 12.8. The van der Waals surface area contributed by atoms with Crippen LogP contribution < -0.4 is 9.47 Å². The maximum Gasteiger partial charge on any atom is 0.261 e. The van der Waals surface area contributed by atoms with E-state index in [9.17, 15) is 14.4 Å². The monoisotopic (exact) mass is 372 g/mol. The predicted molar refractivity (Wildman–Crippen MR) is 96.3 cm³/mol. The summed E-state index contributed by atoms with van der Waals surface area (Å²) in [7, 11) is 1.59. The van der Waals surface area contributed by atoms with Crippen LogP contribution in [0.15, 0.2) is 24.3 Å². The van der Waals surface area contributed by atoms with Crippen LogP contribution in [0.2, 0.25) is 0 Å². The zero-order valence-electron chi connectivity index (χ0n) is 15.4. The van der Waals surface area contributed by atoms with E-state index in [1.54, 1.807) is 19.2 Å². The molecule has 1 aromatic rings. The lowest BCUT2D eigenvalue weighted by Gasteiger charge is -2.41. The largest absolute Gasteiger partial charge is 0.497 e. The quantitative estimate of drug-likeness (QED) is 0.736. The number of ether oxygens (including phenoxy) is 2. The summed E-state index contributed by atoms with van der Waals surface area (Å²) in [5, 5.41) is 0. The molecule has 0 saturated carbocycles. The predicted octanol–water partition coefficient (Wildman–Crippen LogP) is 1.74. The van der Waals surface area contributed by atoms with Crippen molar-refractivity contribution in [1.29, 1.82) is 0 Å². The van der Waals surface area contributed by atoms with Gasteiger partial charge in [-0.2, -0.15) is 0 Å². The Bertz CT molecular complexity index is 734. The Morgan fingerprint density at radius 2 is 1.67 bits per heavy atom. The first-order valence-electron chi connectivity index (χ1n) is 9.49. The van der Waals surface area contributed by atoms with E-state index in [1.165, 1.54) is 4.90 Å². The molecule has 2 unspecified atom stereocenters. The van der Waals surface area contributed by atoms with E-state index in [4.69, 9.17) is 9.47 Å². The van der Waals surface area contributed by atoms with Crippen molar-refractivity contribution < 1.29 is 23.9 Å². The van der Waals surface area contributed by atoms with Crippen LogP contribution in [0.1, 0.15) is 38.5 Å². The molecule has 0 aliphatic carbocycles. The Morgan fingerprint density at radius 3 is 2.30 bits per heavy atom. The van der Waals surface area contributed by atoms with Gasteiger partial charge in [-0.05, 0) is 37.8 Å². The number of methoxy groups -OCH3 is 1. The Morgan fingerprint density at radius 1 is 1.04 bits per heavy atom. The van der Waals surface area contributed by atoms with Gasteiger partial charge in [0.1, 0.15) is 11.5 Å². The number of fused-ring (bicyclic) bond motifs is 2. The van der Waals surface area contributed by atoms with Gasteiger partial charge in [-0.1, -0.05) is 6.07 Å².